The first kappa shape index (κ1) is 13.1. The van der Waals surface area contributed by atoms with E-state index in [0.29, 0.717) is 28.8 Å². The molecule has 0 spiro atoms. The van der Waals surface area contributed by atoms with Gasteiger partial charge in [-0.15, -0.1) is 5.10 Å². The first-order valence-electron chi connectivity index (χ1n) is 5.43. The van der Waals surface area contributed by atoms with Crippen molar-refractivity contribution in [2.45, 2.75) is 6.61 Å². The molecule has 0 unspecified atom stereocenters. The van der Waals surface area contributed by atoms with Crippen LogP contribution in [0.3, 0.4) is 0 Å². The molecule has 0 aliphatic carbocycles. The highest BCUT2D eigenvalue weighted by Crippen LogP contribution is 2.39. The number of methoxy groups -OCH3 is 3. The Morgan fingerprint density at radius 1 is 1.11 bits per heavy atom. The van der Waals surface area contributed by atoms with E-state index in [-0.39, 0.29) is 6.61 Å². The monoisotopic (exact) mass is 266 g/mol. The normalized spacial score (nSPS) is 10.3. The van der Waals surface area contributed by atoms with Gasteiger partial charge in [0, 0.05) is 12.1 Å². The molecule has 102 valence electrons. The molecule has 0 saturated carbocycles. The fourth-order valence-electron chi connectivity index (χ4n) is 1.69. The lowest BCUT2D eigenvalue weighted by molar-refractivity contribution is 0.267. The average Bonchev–Trinajstić information content (AvgIpc) is 2.93. The van der Waals surface area contributed by atoms with Gasteiger partial charge >= 0.3 is 0 Å². The molecule has 0 saturated heterocycles. The van der Waals surface area contributed by atoms with Crippen LogP contribution in [0, 0.1) is 0 Å². The van der Waals surface area contributed by atoms with Gasteiger partial charge in [-0.1, -0.05) is 0 Å². The lowest BCUT2D eigenvalue weighted by Gasteiger charge is -2.14. The van der Waals surface area contributed by atoms with Gasteiger partial charge in [-0.2, -0.15) is 4.68 Å². The van der Waals surface area contributed by atoms with Gasteiger partial charge < -0.3 is 19.3 Å². The third-order valence-corrected chi connectivity index (χ3v) is 2.57. The van der Waals surface area contributed by atoms with Crippen LogP contribution >= 0.6 is 0 Å². The Morgan fingerprint density at radius 3 is 2.21 bits per heavy atom. The highest BCUT2D eigenvalue weighted by atomic mass is 16.5. The van der Waals surface area contributed by atoms with Crippen LogP contribution in [0.1, 0.15) is 5.82 Å². The smallest absolute Gasteiger partial charge is 0.203 e. The van der Waals surface area contributed by atoms with Gasteiger partial charge in [-0.3, -0.25) is 0 Å². The van der Waals surface area contributed by atoms with Crippen molar-refractivity contribution in [2.75, 3.05) is 21.3 Å². The van der Waals surface area contributed by atoms with Crippen LogP contribution in [-0.2, 0) is 6.61 Å². The Labute approximate surface area is 109 Å². The van der Waals surface area contributed by atoms with Gasteiger partial charge in [0.25, 0.3) is 0 Å². The van der Waals surface area contributed by atoms with Crippen molar-refractivity contribution in [2.24, 2.45) is 0 Å². The predicted molar refractivity (Wildman–Crippen MR) is 64.7 cm³/mol. The number of aromatic nitrogens is 4. The van der Waals surface area contributed by atoms with E-state index in [4.69, 9.17) is 14.2 Å². The number of tetrazole rings is 1. The van der Waals surface area contributed by atoms with E-state index in [1.807, 2.05) is 0 Å². The molecule has 1 aromatic heterocycles. The molecule has 8 nitrogen and oxygen atoms in total. The minimum Gasteiger partial charge on any atom is -0.493 e. The minimum atomic E-state index is -0.274. The Bertz CT molecular complexity index is 545. The summed E-state index contributed by atoms with van der Waals surface area (Å²) in [6, 6.07) is 3.38. The SMILES string of the molecule is COc1cc(-n2nnnc2CO)cc(OC)c1OC. The van der Waals surface area contributed by atoms with E-state index in [0.717, 1.165) is 0 Å². The number of aliphatic hydroxyl groups excluding tert-OH is 1. The molecule has 0 radical (unpaired) electrons. The first-order chi connectivity index (χ1) is 9.24. The summed E-state index contributed by atoms with van der Waals surface area (Å²) in [4.78, 5) is 0. The fourth-order valence-corrected chi connectivity index (χ4v) is 1.69. The van der Waals surface area contributed by atoms with Gasteiger partial charge in [-0.05, 0) is 10.4 Å². The second-order valence-corrected chi connectivity index (χ2v) is 3.55. The van der Waals surface area contributed by atoms with Gasteiger partial charge in [0.05, 0.1) is 27.0 Å². The molecule has 2 aromatic rings. The molecular weight excluding hydrogens is 252 g/mol. The lowest BCUT2D eigenvalue weighted by atomic mass is 10.2. The van der Waals surface area contributed by atoms with Gasteiger partial charge in [-0.25, -0.2) is 0 Å². The quantitative estimate of drug-likeness (QED) is 0.825. The Hall–Kier alpha value is -2.35. The third kappa shape index (κ3) is 2.29. The van der Waals surface area contributed by atoms with E-state index in [1.54, 1.807) is 12.1 Å². The van der Waals surface area contributed by atoms with Crippen LogP contribution in [0.4, 0.5) is 0 Å². The molecule has 0 amide bonds. The zero-order valence-corrected chi connectivity index (χ0v) is 10.8. The molecule has 1 aromatic carbocycles. The van der Waals surface area contributed by atoms with Crippen molar-refractivity contribution in [1.82, 2.24) is 20.2 Å². The molecule has 0 atom stereocenters. The van der Waals surface area contributed by atoms with Crippen molar-refractivity contribution in [1.29, 1.82) is 0 Å². The summed E-state index contributed by atoms with van der Waals surface area (Å²) in [5.74, 6) is 1.76. The predicted octanol–water partition coefficient (Wildman–Crippen LogP) is 0.180. The van der Waals surface area contributed by atoms with E-state index in [2.05, 4.69) is 15.5 Å². The summed E-state index contributed by atoms with van der Waals surface area (Å²) >= 11 is 0. The summed E-state index contributed by atoms with van der Waals surface area (Å²) in [7, 11) is 4.57. The van der Waals surface area contributed by atoms with Crippen molar-refractivity contribution in [3.63, 3.8) is 0 Å². The number of ether oxygens (including phenoxy) is 3. The zero-order valence-electron chi connectivity index (χ0n) is 10.8. The zero-order chi connectivity index (χ0) is 13.8. The number of nitrogens with zero attached hydrogens (tertiary/aromatic N) is 4. The van der Waals surface area contributed by atoms with E-state index in [1.165, 1.54) is 26.0 Å². The van der Waals surface area contributed by atoms with Crippen molar-refractivity contribution >= 4 is 0 Å². The molecule has 0 aliphatic rings. The number of hydrogen-bond acceptors (Lipinski definition) is 7. The highest BCUT2D eigenvalue weighted by Gasteiger charge is 2.16. The molecule has 0 bridgehead atoms. The summed E-state index contributed by atoms with van der Waals surface area (Å²) in [6.45, 7) is -0.274. The van der Waals surface area contributed by atoms with Crippen LogP contribution in [0.5, 0.6) is 17.2 Å². The highest BCUT2D eigenvalue weighted by molar-refractivity contribution is 5.58. The number of rotatable bonds is 5. The molecule has 0 fully saturated rings. The summed E-state index contributed by atoms with van der Waals surface area (Å²) in [5, 5.41) is 20.2. The maximum Gasteiger partial charge on any atom is 0.203 e. The Kier molecular flexibility index (Phi) is 3.81. The fraction of sp³-hybridized carbons (Fsp3) is 0.364. The molecule has 19 heavy (non-hydrogen) atoms. The summed E-state index contributed by atoms with van der Waals surface area (Å²) in [5.41, 5.74) is 0.601. The molecule has 1 heterocycles. The molecule has 1 N–H and O–H groups in total. The van der Waals surface area contributed by atoms with Crippen molar-refractivity contribution < 1.29 is 19.3 Å². The van der Waals surface area contributed by atoms with Gasteiger partial charge in [0.2, 0.25) is 5.75 Å². The van der Waals surface area contributed by atoms with E-state index >= 15 is 0 Å². The van der Waals surface area contributed by atoms with Crippen molar-refractivity contribution in [3.8, 4) is 22.9 Å². The van der Waals surface area contributed by atoms with Crippen molar-refractivity contribution in [3.05, 3.63) is 18.0 Å². The van der Waals surface area contributed by atoms with Gasteiger partial charge in [0.1, 0.15) is 6.61 Å². The number of benzene rings is 1. The Balaban J connectivity index is 2.59. The second kappa shape index (κ2) is 5.53. The average molecular weight is 266 g/mol. The summed E-state index contributed by atoms with van der Waals surface area (Å²) in [6.07, 6.45) is 0. The van der Waals surface area contributed by atoms with Crippen LogP contribution in [0.25, 0.3) is 5.69 Å². The van der Waals surface area contributed by atoms with E-state index < -0.39 is 0 Å². The third-order valence-electron chi connectivity index (χ3n) is 2.57. The largest absolute Gasteiger partial charge is 0.493 e. The molecular formula is C11H14N4O4. The van der Waals surface area contributed by atoms with Crippen LogP contribution < -0.4 is 14.2 Å². The van der Waals surface area contributed by atoms with Crippen LogP contribution in [0.15, 0.2) is 12.1 Å². The maximum atomic E-state index is 9.17. The molecule has 2 rings (SSSR count). The number of hydrogen-bond donors (Lipinski definition) is 1. The molecule has 0 aliphatic heterocycles. The van der Waals surface area contributed by atoms with Crippen LogP contribution in [0.2, 0.25) is 0 Å². The van der Waals surface area contributed by atoms with E-state index in [9.17, 15) is 5.11 Å². The van der Waals surface area contributed by atoms with Gasteiger partial charge in [0.15, 0.2) is 17.3 Å². The lowest BCUT2D eigenvalue weighted by Crippen LogP contribution is -2.05. The van der Waals surface area contributed by atoms with Crippen LogP contribution in [-0.4, -0.2) is 46.6 Å². The summed E-state index contributed by atoms with van der Waals surface area (Å²) < 4.78 is 17.1. The first-order valence-corrected chi connectivity index (χ1v) is 5.43. The topological polar surface area (TPSA) is 91.5 Å². The molecule has 8 heteroatoms. The maximum absolute atomic E-state index is 9.17. The Morgan fingerprint density at radius 2 is 1.74 bits per heavy atom. The number of aliphatic hydroxyl groups is 1. The second-order valence-electron chi connectivity index (χ2n) is 3.55. The minimum absolute atomic E-state index is 0.274. The standard InChI is InChI=1S/C11H14N4O4/c1-17-8-4-7(5-9(18-2)11(8)19-3)15-10(6-16)12-13-14-15/h4-5,16H,6H2,1-3H3.